The van der Waals surface area contributed by atoms with E-state index in [2.05, 4.69) is 101 Å². The molecule has 38 heteroatoms. The highest BCUT2D eigenvalue weighted by atomic mass is 16.2. The van der Waals surface area contributed by atoms with Gasteiger partial charge < -0.3 is 107 Å². The number of hydrogen-bond donors (Lipinski definition) is 20. The largest absolute Gasteiger partial charge is 0.359 e. The topological polar surface area (TPSA) is 562 Å². The highest BCUT2D eigenvalue weighted by Crippen LogP contribution is 2.41. The van der Waals surface area contributed by atoms with E-state index in [4.69, 9.17) is 5.73 Å². The standard InChI is InChI=1S/C89H138N20O18/c1-91-59-13-6-52(37-59)83(121)95-28-21-72(110)102-61-15-5-49(36-61)80(118)71(90)48-79(117)109-68-45-58(70(47-68)89(127)101-34-27-77(115)107-66-20-12-55(43-66)86(124)98-31-24-74(112)104-63-17-9-51(40-63)82(120)94-4)35-57-44-67(108-78(116)25-32-99-87(125)56-10-18-64(41-56)105-75(113)22-29-96-84(122)53-7-14-60(38-53)92-2)46-69(57)88(126)100-33-26-76(114)106-65-19-11-54(42-65)85(123)97-30-23-73(111)103-62-16-8-50(39-62)81(119)93-3/h9,17,45,47,49-67,69,71,91-92H,5-8,10-16,18-44,46,48,90H2,1-4H3,(H,93,119)(H,94,120)(H,95,121)(H,96,122)(H,97,123)(H,98,124)(H,99,125)(H,100,126)(H,101,127)(H,102,110)(H,103,111)(H,104,112)(H,105,113)(H,106,114)(H,107,115)(H,108,116)(H,109,117). The fraction of sp³-hybridized carbons (Fsp3) is 0.730. The van der Waals surface area contributed by atoms with Gasteiger partial charge in [-0.05, 0) is 187 Å². The molecule has 8 fully saturated rings. The number of carbonyl (C=O) groups excluding carboxylic acids is 18. The maximum Gasteiger partial charge on any atom is 0.247 e. The summed E-state index contributed by atoms with van der Waals surface area (Å²) >= 11 is 0. The smallest absolute Gasteiger partial charge is 0.247 e. The van der Waals surface area contributed by atoms with E-state index in [-0.39, 0.29) is 264 Å². The van der Waals surface area contributed by atoms with Crippen LogP contribution in [0.1, 0.15) is 212 Å². The lowest BCUT2D eigenvalue weighted by molar-refractivity contribution is -0.128. The van der Waals surface area contributed by atoms with Crippen LogP contribution in [0.4, 0.5) is 0 Å². The Morgan fingerprint density at radius 3 is 1.04 bits per heavy atom. The molecule has 0 spiro atoms. The van der Waals surface area contributed by atoms with Crippen LogP contribution in [-0.4, -0.2) is 241 Å². The third kappa shape index (κ3) is 31.0. The number of rotatable bonds is 46. The lowest BCUT2D eigenvalue weighted by atomic mass is 9.84. The van der Waals surface area contributed by atoms with Gasteiger partial charge in [-0.2, -0.15) is 0 Å². The average Bonchev–Trinajstić information content (AvgIpc) is 1.65. The number of nitrogens with two attached hydrogens (primary N) is 1. The summed E-state index contributed by atoms with van der Waals surface area (Å²) in [6, 6.07) is -2.93. The predicted molar refractivity (Wildman–Crippen MR) is 466 cm³/mol. The maximum atomic E-state index is 14.7. The second-order valence-corrected chi connectivity index (χ2v) is 36.7. The Kier molecular flexibility index (Phi) is 38.4. The lowest BCUT2D eigenvalue weighted by Gasteiger charge is -2.23. The van der Waals surface area contributed by atoms with Crippen molar-refractivity contribution in [2.24, 2.45) is 70.8 Å². The fourth-order valence-electron chi connectivity index (χ4n) is 20.3. The van der Waals surface area contributed by atoms with Gasteiger partial charge in [-0.1, -0.05) is 18.2 Å². The zero-order valence-corrected chi connectivity index (χ0v) is 74.1. The molecule has 17 amide bonds. The molecule has 127 heavy (non-hydrogen) atoms. The summed E-state index contributed by atoms with van der Waals surface area (Å²) < 4.78 is 0. The molecule has 702 valence electrons. The van der Waals surface area contributed by atoms with Gasteiger partial charge in [0, 0.05) is 230 Å². The number of carbonyl (C=O) groups is 18. The summed E-state index contributed by atoms with van der Waals surface area (Å²) in [5, 5.41) is 55.4. The van der Waals surface area contributed by atoms with Gasteiger partial charge >= 0.3 is 0 Å². The van der Waals surface area contributed by atoms with Crippen molar-refractivity contribution in [2.45, 2.75) is 272 Å². The van der Waals surface area contributed by atoms with E-state index < -0.39 is 89.5 Å². The first kappa shape index (κ1) is 98.9. The minimum absolute atomic E-state index is 0.0156. The van der Waals surface area contributed by atoms with Crippen molar-refractivity contribution >= 4 is 106 Å². The molecule has 10 rings (SSSR count). The second kappa shape index (κ2) is 49.4. The number of amides is 17. The average molecular weight is 1780 g/mol. The molecule has 0 bridgehead atoms. The van der Waals surface area contributed by atoms with Gasteiger partial charge in [-0.25, -0.2) is 0 Å². The van der Waals surface area contributed by atoms with Gasteiger partial charge in [0.05, 0.1) is 12.0 Å². The third-order valence-electron chi connectivity index (χ3n) is 27.5. The highest BCUT2D eigenvalue weighted by molar-refractivity contribution is 5.97. The molecule has 0 saturated heterocycles. The summed E-state index contributed by atoms with van der Waals surface area (Å²) in [6.45, 7) is 0.332. The van der Waals surface area contributed by atoms with Gasteiger partial charge in [0.1, 0.15) is 0 Å². The first-order valence-corrected chi connectivity index (χ1v) is 46.5. The van der Waals surface area contributed by atoms with Crippen LogP contribution in [0.3, 0.4) is 0 Å². The van der Waals surface area contributed by atoms with Crippen LogP contribution in [0.15, 0.2) is 35.6 Å². The Bertz CT molecular complexity index is 4060. The quantitative estimate of drug-likeness (QED) is 0.0294. The van der Waals surface area contributed by atoms with Crippen molar-refractivity contribution in [2.75, 3.05) is 74.0 Å². The summed E-state index contributed by atoms with van der Waals surface area (Å²) in [6.07, 6.45) is 19.1. The zero-order chi connectivity index (χ0) is 91.2. The monoisotopic (exact) mass is 1780 g/mol. The summed E-state index contributed by atoms with van der Waals surface area (Å²) in [5.41, 5.74) is 6.84. The summed E-state index contributed by atoms with van der Waals surface area (Å²) in [5.74, 6) is -10.0. The molecule has 0 radical (unpaired) electrons. The van der Waals surface area contributed by atoms with E-state index >= 15 is 0 Å². The van der Waals surface area contributed by atoms with Crippen molar-refractivity contribution in [1.29, 1.82) is 0 Å². The molecule has 0 aromatic heterocycles. The molecule has 21 unspecified atom stereocenters. The summed E-state index contributed by atoms with van der Waals surface area (Å²) in [7, 11) is 6.88. The van der Waals surface area contributed by atoms with Crippen molar-refractivity contribution in [3.63, 3.8) is 0 Å². The molecule has 0 aromatic carbocycles. The van der Waals surface area contributed by atoms with E-state index in [1.807, 2.05) is 14.1 Å². The van der Waals surface area contributed by atoms with Crippen molar-refractivity contribution in [1.82, 2.24) is 101 Å². The molecule has 8 saturated carbocycles. The van der Waals surface area contributed by atoms with E-state index in [9.17, 15) is 86.3 Å². The first-order valence-electron chi connectivity index (χ1n) is 46.5. The van der Waals surface area contributed by atoms with E-state index in [1.165, 1.54) is 6.08 Å². The first-order chi connectivity index (χ1) is 61.0. The molecule has 10 aliphatic rings. The SMILES string of the molecule is CNC(=O)C1C=CC(NC(=O)CCNC(=O)C2CCC(NC(=O)CCNC(=O)C3=CC(NC(=O)CC(N)C(=O)C4CCC(NC(=O)CCNC(=O)C5CCC(NC)C5)C4)=CC3CC3CC(NC(=O)CCNC(=O)C4CCC(NC(=O)CCNC(=O)C5CCC(NC)C5)C4)CC3C(=O)NCCC(=O)NC3CCC(C(=O)NCCC(=O)NC4CCC(C(=O)NC)C4)C3)C2)C1. The minimum Gasteiger partial charge on any atom is -0.359 e. The lowest BCUT2D eigenvalue weighted by Crippen LogP contribution is -2.40. The number of nitrogens with one attached hydrogen (secondary N) is 19. The minimum atomic E-state index is -1.24. The Balaban J connectivity index is 0.737. The normalized spacial score (nSPS) is 28.8. The number of ketones is 1. The molecular formula is C89H138N20O18. The zero-order valence-electron chi connectivity index (χ0n) is 74.1. The van der Waals surface area contributed by atoms with E-state index in [0.29, 0.717) is 109 Å². The Morgan fingerprint density at radius 2 is 0.661 bits per heavy atom. The van der Waals surface area contributed by atoms with Gasteiger partial charge in [-0.15, -0.1) is 0 Å². The summed E-state index contributed by atoms with van der Waals surface area (Å²) in [4.78, 5) is 239. The maximum absolute atomic E-state index is 14.7. The Morgan fingerprint density at radius 1 is 0.331 bits per heavy atom. The predicted octanol–water partition coefficient (Wildman–Crippen LogP) is -1.97. The van der Waals surface area contributed by atoms with Crippen molar-refractivity contribution in [3.05, 3.63) is 35.6 Å². The number of allylic oxidation sites excluding steroid dienone is 2. The van der Waals surface area contributed by atoms with Crippen molar-refractivity contribution < 1.29 is 86.3 Å². The molecule has 21 N–H and O–H groups in total. The molecule has 21 atom stereocenters. The van der Waals surface area contributed by atoms with Crippen LogP contribution in [0.25, 0.3) is 0 Å². The van der Waals surface area contributed by atoms with Gasteiger partial charge in [0.25, 0.3) is 0 Å². The molecule has 10 aliphatic carbocycles. The van der Waals surface area contributed by atoms with Crippen LogP contribution in [-0.2, 0) is 86.3 Å². The third-order valence-corrected chi connectivity index (χ3v) is 27.5. The molecule has 38 nitrogen and oxygen atoms in total. The number of Topliss-reactive ketones (excluding diaryl/α,β-unsaturated/α-hetero) is 1. The fourth-order valence-corrected chi connectivity index (χ4v) is 20.3. The van der Waals surface area contributed by atoms with Crippen LogP contribution in [0, 0.1) is 65.1 Å². The number of hydrogen-bond acceptors (Lipinski definition) is 21. The van der Waals surface area contributed by atoms with Gasteiger partial charge in [0.2, 0.25) is 100 Å². The van der Waals surface area contributed by atoms with Crippen LogP contribution >= 0.6 is 0 Å². The Hall–Kier alpha value is -10.2. The van der Waals surface area contributed by atoms with Crippen LogP contribution in [0.5, 0.6) is 0 Å². The molecular weight excluding hydrogens is 1640 g/mol. The van der Waals surface area contributed by atoms with Gasteiger partial charge in [-0.3, -0.25) is 86.3 Å². The van der Waals surface area contributed by atoms with E-state index in [1.54, 1.807) is 32.3 Å². The molecule has 0 aliphatic heterocycles. The van der Waals surface area contributed by atoms with E-state index in [0.717, 1.165) is 38.5 Å². The molecule has 0 aromatic rings. The van der Waals surface area contributed by atoms with Gasteiger partial charge in [0.15, 0.2) is 5.78 Å². The molecule has 0 heterocycles. The van der Waals surface area contributed by atoms with Crippen LogP contribution < -0.4 is 107 Å². The van der Waals surface area contributed by atoms with Crippen LogP contribution in [0.2, 0.25) is 0 Å². The second-order valence-electron chi connectivity index (χ2n) is 36.7. The highest BCUT2D eigenvalue weighted by Gasteiger charge is 2.44. The Labute approximate surface area is 742 Å². The van der Waals surface area contributed by atoms with Crippen molar-refractivity contribution in [3.8, 4) is 0 Å².